The predicted molar refractivity (Wildman–Crippen MR) is 99.1 cm³/mol. The summed E-state index contributed by atoms with van der Waals surface area (Å²) in [5.74, 6) is -3.24. The van der Waals surface area contributed by atoms with Gasteiger partial charge in [-0.25, -0.2) is 9.59 Å². The van der Waals surface area contributed by atoms with Crippen LogP contribution >= 0.6 is 0 Å². The molecule has 4 rings (SSSR count). The van der Waals surface area contributed by atoms with Crippen LogP contribution in [0.4, 0.5) is 0 Å². The Hall–Kier alpha value is -4.06. The van der Waals surface area contributed by atoms with Crippen LogP contribution in [-0.2, 0) is 0 Å². The van der Waals surface area contributed by atoms with Gasteiger partial charge in [-0.05, 0) is 35.4 Å². The number of carbonyl (C=O) groups excluding carboxylic acids is 2. The number of aromatic carboxylic acids is 2. The predicted octanol–water partition coefficient (Wildman–Crippen LogP) is 3.53. The number of hydrogen-bond acceptors (Lipinski definition) is 4. The van der Waals surface area contributed by atoms with E-state index in [9.17, 15) is 24.3 Å². The van der Waals surface area contributed by atoms with E-state index >= 15 is 0 Å². The average molecular weight is 372 g/mol. The van der Waals surface area contributed by atoms with Gasteiger partial charge >= 0.3 is 11.9 Å². The molecule has 2 N–H and O–H groups in total. The van der Waals surface area contributed by atoms with Gasteiger partial charge in [-0.1, -0.05) is 36.4 Å². The fraction of sp³-hybridized carbons (Fsp3) is 0. The van der Waals surface area contributed by atoms with Gasteiger partial charge in [-0.15, -0.1) is 0 Å². The lowest BCUT2D eigenvalue weighted by Gasteiger charge is -2.18. The van der Waals surface area contributed by atoms with Gasteiger partial charge in [-0.2, -0.15) is 0 Å². The Morgan fingerprint density at radius 1 is 0.571 bits per heavy atom. The highest BCUT2D eigenvalue weighted by Gasteiger charge is 2.29. The topological polar surface area (TPSA) is 109 Å². The van der Waals surface area contributed by atoms with Crippen molar-refractivity contribution >= 4 is 23.5 Å². The van der Waals surface area contributed by atoms with E-state index in [2.05, 4.69) is 0 Å². The summed E-state index contributed by atoms with van der Waals surface area (Å²) in [6.45, 7) is 0. The summed E-state index contributed by atoms with van der Waals surface area (Å²) in [5, 5.41) is 18.4. The van der Waals surface area contributed by atoms with Crippen molar-refractivity contribution in [3.8, 4) is 11.1 Å². The maximum Gasteiger partial charge on any atom is 0.336 e. The lowest BCUT2D eigenvalue weighted by molar-refractivity contribution is 0.0651. The molecular weight excluding hydrogens is 360 g/mol. The number of rotatable bonds is 3. The molecule has 0 atom stereocenters. The summed E-state index contributed by atoms with van der Waals surface area (Å²) < 4.78 is 0. The summed E-state index contributed by atoms with van der Waals surface area (Å²) in [4.78, 5) is 48.1. The van der Waals surface area contributed by atoms with Gasteiger partial charge in [0.1, 0.15) is 0 Å². The molecule has 1 aliphatic carbocycles. The highest BCUT2D eigenvalue weighted by atomic mass is 16.4. The molecule has 136 valence electrons. The van der Waals surface area contributed by atoms with Crippen molar-refractivity contribution in [2.24, 2.45) is 0 Å². The molecule has 0 radical (unpaired) electrons. The van der Waals surface area contributed by atoms with Crippen molar-refractivity contribution < 1.29 is 29.4 Å². The molecule has 0 amide bonds. The third-order valence-electron chi connectivity index (χ3n) is 4.74. The van der Waals surface area contributed by atoms with Gasteiger partial charge in [0.2, 0.25) is 0 Å². The van der Waals surface area contributed by atoms with Crippen molar-refractivity contribution in [3.05, 3.63) is 94.0 Å². The van der Waals surface area contributed by atoms with E-state index in [0.717, 1.165) is 0 Å². The van der Waals surface area contributed by atoms with Crippen molar-refractivity contribution in [1.29, 1.82) is 0 Å². The number of hydrogen-bond donors (Lipinski definition) is 2. The van der Waals surface area contributed by atoms with E-state index < -0.39 is 11.9 Å². The highest BCUT2D eigenvalue weighted by Crippen LogP contribution is 2.31. The zero-order valence-corrected chi connectivity index (χ0v) is 14.3. The first-order chi connectivity index (χ1) is 13.4. The molecule has 0 fully saturated rings. The van der Waals surface area contributed by atoms with E-state index in [1.54, 1.807) is 30.3 Å². The van der Waals surface area contributed by atoms with Crippen LogP contribution in [0.15, 0.2) is 60.7 Å². The second-order valence-electron chi connectivity index (χ2n) is 6.33. The maximum absolute atomic E-state index is 12.8. The van der Waals surface area contributed by atoms with Gasteiger partial charge < -0.3 is 10.2 Å². The largest absolute Gasteiger partial charge is 0.478 e. The van der Waals surface area contributed by atoms with E-state index in [1.807, 2.05) is 0 Å². The second kappa shape index (κ2) is 6.28. The summed E-state index contributed by atoms with van der Waals surface area (Å²) in [6, 6.07) is 15.2. The summed E-state index contributed by atoms with van der Waals surface area (Å²) >= 11 is 0. The smallest absolute Gasteiger partial charge is 0.336 e. The minimum atomic E-state index is -1.36. The molecule has 0 saturated heterocycles. The Kier molecular flexibility index (Phi) is 3.89. The summed E-state index contributed by atoms with van der Waals surface area (Å²) in [5.41, 5.74) is 1.47. The number of carboxylic acid groups (broad SMARTS) is 2. The molecule has 3 aromatic carbocycles. The van der Waals surface area contributed by atoms with E-state index in [4.69, 9.17) is 5.11 Å². The van der Waals surface area contributed by atoms with E-state index in [-0.39, 0.29) is 33.8 Å². The third kappa shape index (κ3) is 2.59. The molecule has 6 nitrogen and oxygen atoms in total. The molecule has 28 heavy (non-hydrogen) atoms. The Morgan fingerprint density at radius 3 is 1.68 bits per heavy atom. The van der Waals surface area contributed by atoms with Crippen molar-refractivity contribution in [1.82, 2.24) is 0 Å². The van der Waals surface area contributed by atoms with Crippen LogP contribution in [0.2, 0.25) is 0 Å². The van der Waals surface area contributed by atoms with Crippen LogP contribution in [0.5, 0.6) is 0 Å². The number of ketones is 2. The molecule has 0 bridgehead atoms. The molecule has 0 saturated carbocycles. The van der Waals surface area contributed by atoms with Gasteiger partial charge in [0.05, 0.1) is 11.1 Å². The molecule has 0 aromatic heterocycles. The van der Waals surface area contributed by atoms with Crippen LogP contribution in [0.25, 0.3) is 11.1 Å². The highest BCUT2D eigenvalue weighted by molar-refractivity contribution is 6.28. The quantitative estimate of drug-likeness (QED) is 0.569. The lowest BCUT2D eigenvalue weighted by Crippen LogP contribution is -2.20. The molecule has 0 heterocycles. The van der Waals surface area contributed by atoms with Crippen LogP contribution in [0, 0.1) is 0 Å². The monoisotopic (exact) mass is 372 g/mol. The van der Waals surface area contributed by atoms with Gasteiger partial charge in [0.25, 0.3) is 0 Å². The van der Waals surface area contributed by atoms with Crippen LogP contribution in [-0.4, -0.2) is 33.7 Å². The molecule has 3 aromatic rings. The van der Waals surface area contributed by atoms with Crippen molar-refractivity contribution in [2.75, 3.05) is 0 Å². The van der Waals surface area contributed by atoms with Gasteiger partial charge in [0, 0.05) is 22.3 Å². The Labute approximate surface area is 158 Å². The Morgan fingerprint density at radius 2 is 1.07 bits per heavy atom. The molecule has 6 heteroatoms. The minimum absolute atomic E-state index is 0.236. The fourth-order valence-corrected chi connectivity index (χ4v) is 3.37. The first kappa shape index (κ1) is 17.4. The van der Waals surface area contributed by atoms with E-state index in [0.29, 0.717) is 22.3 Å². The zero-order valence-electron chi connectivity index (χ0n) is 14.3. The van der Waals surface area contributed by atoms with Crippen molar-refractivity contribution in [3.63, 3.8) is 0 Å². The number of fused-ring (bicyclic) bond motifs is 2. The van der Waals surface area contributed by atoms with Crippen LogP contribution in [0.3, 0.4) is 0 Å². The fourth-order valence-electron chi connectivity index (χ4n) is 3.37. The Balaban J connectivity index is 1.86. The molecule has 1 aliphatic rings. The number of carboxylic acids is 2. The molecule has 0 spiro atoms. The average Bonchev–Trinajstić information content (AvgIpc) is 2.71. The third-order valence-corrected chi connectivity index (χ3v) is 4.74. The first-order valence-electron chi connectivity index (χ1n) is 8.32. The number of benzene rings is 3. The minimum Gasteiger partial charge on any atom is -0.478 e. The molecule has 0 unspecified atom stereocenters. The van der Waals surface area contributed by atoms with Crippen LogP contribution < -0.4 is 0 Å². The number of carbonyl (C=O) groups is 4. The second-order valence-corrected chi connectivity index (χ2v) is 6.33. The van der Waals surface area contributed by atoms with Crippen LogP contribution in [0.1, 0.15) is 52.6 Å². The van der Waals surface area contributed by atoms with Gasteiger partial charge in [-0.3, -0.25) is 9.59 Å². The maximum atomic E-state index is 12.8. The SMILES string of the molecule is O=C(O)c1ccc(-c2ccc3c(c2)C(=O)c2ccccc2C3=O)cc1C(=O)O. The summed E-state index contributed by atoms with van der Waals surface area (Å²) in [7, 11) is 0. The summed E-state index contributed by atoms with van der Waals surface area (Å²) in [6.07, 6.45) is 0. The normalized spacial score (nSPS) is 12.3. The van der Waals surface area contributed by atoms with Crippen molar-refractivity contribution in [2.45, 2.75) is 0 Å². The Bertz CT molecular complexity index is 1210. The van der Waals surface area contributed by atoms with Gasteiger partial charge in [0.15, 0.2) is 11.6 Å². The van der Waals surface area contributed by atoms with E-state index in [1.165, 1.54) is 30.3 Å². The standard InChI is InChI=1S/C22H12O6/c23-19-13-3-1-2-4-14(13)20(24)17-9-11(5-7-15(17)19)12-6-8-16(21(25)26)18(10-12)22(27)28/h1-10H,(H,25,26)(H,27,28). The zero-order chi connectivity index (χ0) is 20.0. The molecule has 0 aliphatic heterocycles. The molecular formula is C22H12O6. The lowest BCUT2D eigenvalue weighted by atomic mass is 9.82. The first-order valence-corrected chi connectivity index (χ1v) is 8.32.